The number of carbonyl (C=O) groups is 1. The van der Waals surface area contributed by atoms with Gasteiger partial charge >= 0.3 is 0 Å². The first-order valence-electron chi connectivity index (χ1n) is 9.37. The number of nitrogens with one attached hydrogen (secondary N) is 1. The summed E-state index contributed by atoms with van der Waals surface area (Å²) in [5, 5.41) is 14.1. The van der Waals surface area contributed by atoms with Gasteiger partial charge in [-0.2, -0.15) is 0 Å². The number of hydrogen-bond donors (Lipinski definition) is 1. The molecular weight excluding hydrogens is 383 g/mol. The molecule has 1 unspecified atom stereocenters. The van der Waals surface area contributed by atoms with Crippen LogP contribution in [0.3, 0.4) is 0 Å². The van der Waals surface area contributed by atoms with Gasteiger partial charge in [-0.3, -0.25) is 9.78 Å². The Morgan fingerprint density at radius 3 is 2.60 bits per heavy atom. The highest BCUT2D eigenvalue weighted by molar-refractivity contribution is 5.96. The highest BCUT2D eigenvalue weighted by Gasteiger charge is 2.16. The van der Waals surface area contributed by atoms with Crippen molar-refractivity contribution in [3.8, 4) is 16.8 Å². The summed E-state index contributed by atoms with van der Waals surface area (Å²) in [6, 6.07) is 13.5. The standard InChI is InChI=1S/C22H19FN6O/c1-14-3-4-20(21(23)9-14)17-10-18(12-19(11-17)29-13-25-27-28-29)22(30)26-15(2)16-5-7-24-8-6-16/h3-13,15H,1-2H3,(H,26,30). The molecule has 4 rings (SSSR count). The molecule has 0 saturated heterocycles. The quantitative estimate of drug-likeness (QED) is 0.551. The molecule has 1 N–H and O–H groups in total. The van der Waals surface area contributed by atoms with E-state index in [-0.39, 0.29) is 17.8 Å². The maximum atomic E-state index is 14.6. The molecule has 0 aliphatic carbocycles. The molecule has 0 fully saturated rings. The van der Waals surface area contributed by atoms with Crippen molar-refractivity contribution in [1.29, 1.82) is 0 Å². The van der Waals surface area contributed by atoms with E-state index < -0.39 is 0 Å². The fourth-order valence-electron chi connectivity index (χ4n) is 3.18. The molecule has 4 aromatic rings. The zero-order chi connectivity index (χ0) is 21.1. The fourth-order valence-corrected chi connectivity index (χ4v) is 3.18. The Bertz CT molecular complexity index is 1180. The molecular formula is C22H19FN6O. The minimum atomic E-state index is -0.361. The van der Waals surface area contributed by atoms with E-state index in [9.17, 15) is 9.18 Å². The van der Waals surface area contributed by atoms with Crippen LogP contribution in [0, 0.1) is 12.7 Å². The Morgan fingerprint density at radius 2 is 1.90 bits per heavy atom. The lowest BCUT2D eigenvalue weighted by Crippen LogP contribution is -2.26. The number of halogens is 1. The molecule has 8 heteroatoms. The Labute approximate surface area is 172 Å². The van der Waals surface area contributed by atoms with Crippen LogP contribution in [-0.4, -0.2) is 31.1 Å². The van der Waals surface area contributed by atoms with Crippen LogP contribution in [-0.2, 0) is 0 Å². The van der Waals surface area contributed by atoms with Crippen molar-refractivity contribution in [1.82, 2.24) is 30.5 Å². The molecule has 0 radical (unpaired) electrons. The third kappa shape index (κ3) is 4.07. The summed E-state index contributed by atoms with van der Waals surface area (Å²) in [7, 11) is 0. The van der Waals surface area contributed by atoms with Gasteiger partial charge in [0.2, 0.25) is 0 Å². The molecule has 0 spiro atoms. The van der Waals surface area contributed by atoms with Crippen molar-refractivity contribution in [2.45, 2.75) is 19.9 Å². The summed E-state index contributed by atoms with van der Waals surface area (Å²) in [4.78, 5) is 17.0. The van der Waals surface area contributed by atoms with Crippen LogP contribution in [0.25, 0.3) is 16.8 Å². The molecule has 1 amide bonds. The van der Waals surface area contributed by atoms with E-state index in [4.69, 9.17) is 0 Å². The molecule has 2 aromatic heterocycles. The van der Waals surface area contributed by atoms with Gasteiger partial charge in [0, 0.05) is 23.5 Å². The zero-order valence-corrected chi connectivity index (χ0v) is 16.5. The van der Waals surface area contributed by atoms with E-state index in [1.54, 1.807) is 36.7 Å². The van der Waals surface area contributed by atoms with Gasteiger partial charge in [0.05, 0.1) is 11.7 Å². The summed E-state index contributed by atoms with van der Waals surface area (Å²) in [5.41, 5.74) is 3.63. The lowest BCUT2D eigenvalue weighted by Gasteiger charge is -2.16. The van der Waals surface area contributed by atoms with E-state index in [0.29, 0.717) is 22.4 Å². The van der Waals surface area contributed by atoms with E-state index >= 15 is 0 Å². The first-order valence-corrected chi connectivity index (χ1v) is 9.37. The van der Waals surface area contributed by atoms with Crippen LogP contribution in [0.4, 0.5) is 4.39 Å². The lowest BCUT2D eigenvalue weighted by atomic mass is 9.99. The van der Waals surface area contributed by atoms with Crippen LogP contribution in [0.1, 0.15) is 34.5 Å². The number of aryl methyl sites for hydroxylation is 1. The average molecular weight is 402 g/mol. The Balaban J connectivity index is 1.73. The third-order valence-corrected chi connectivity index (χ3v) is 4.78. The third-order valence-electron chi connectivity index (χ3n) is 4.78. The Morgan fingerprint density at radius 1 is 1.10 bits per heavy atom. The van der Waals surface area contributed by atoms with Gasteiger partial charge < -0.3 is 5.32 Å². The number of pyridine rings is 1. The Hall–Kier alpha value is -3.94. The Kier molecular flexibility index (Phi) is 5.30. The van der Waals surface area contributed by atoms with Crippen LogP contribution in [0.15, 0.2) is 67.3 Å². The minimum Gasteiger partial charge on any atom is -0.346 e. The van der Waals surface area contributed by atoms with Gasteiger partial charge in [-0.25, -0.2) is 9.07 Å². The maximum Gasteiger partial charge on any atom is 0.251 e. The van der Waals surface area contributed by atoms with Gasteiger partial charge in [-0.05, 0) is 77.4 Å². The molecule has 1 atom stereocenters. The van der Waals surface area contributed by atoms with E-state index in [0.717, 1.165) is 11.1 Å². The molecule has 2 aromatic carbocycles. The summed E-state index contributed by atoms with van der Waals surface area (Å²) in [5.74, 6) is -0.650. The van der Waals surface area contributed by atoms with Crippen molar-refractivity contribution in [3.05, 3.63) is 89.8 Å². The average Bonchev–Trinajstić information content (AvgIpc) is 3.29. The number of rotatable bonds is 5. The van der Waals surface area contributed by atoms with E-state index in [2.05, 4.69) is 25.8 Å². The summed E-state index contributed by atoms with van der Waals surface area (Å²) >= 11 is 0. The molecule has 30 heavy (non-hydrogen) atoms. The van der Waals surface area contributed by atoms with Gasteiger partial charge in [0.15, 0.2) is 0 Å². The van der Waals surface area contributed by atoms with Crippen LogP contribution in [0.2, 0.25) is 0 Å². The highest BCUT2D eigenvalue weighted by atomic mass is 19.1. The van der Waals surface area contributed by atoms with Gasteiger partial charge in [0.1, 0.15) is 12.1 Å². The van der Waals surface area contributed by atoms with Crippen molar-refractivity contribution in [2.24, 2.45) is 0 Å². The topological polar surface area (TPSA) is 85.6 Å². The van der Waals surface area contributed by atoms with Crippen LogP contribution in [0.5, 0.6) is 0 Å². The predicted molar refractivity (Wildman–Crippen MR) is 109 cm³/mol. The molecule has 0 bridgehead atoms. The number of amides is 1. The number of nitrogens with zero attached hydrogens (tertiary/aromatic N) is 5. The number of carbonyl (C=O) groups excluding carboxylic acids is 1. The van der Waals surface area contributed by atoms with Crippen molar-refractivity contribution in [2.75, 3.05) is 0 Å². The fraction of sp³-hybridized carbons (Fsp3) is 0.136. The number of tetrazole rings is 1. The van der Waals surface area contributed by atoms with Gasteiger partial charge in [-0.15, -0.1) is 5.10 Å². The smallest absolute Gasteiger partial charge is 0.251 e. The van der Waals surface area contributed by atoms with E-state index in [1.807, 2.05) is 32.0 Å². The summed E-state index contributed by atoms with van der Waals surface area (Å²) in [6.45, 7) is 3.71. The molecule has 0 saturated carbocycles. The van der Waals surface area contributed by atoms with Crippen LogP contribution >= 0.6 is 0 Å². The SMILES string of the molecule is Cc1ccc(-c2cc(C(=O)NC(C)c3ccncc3)cc(-n3cnnn3)c2)c(F)c1. The van der Waals surface area contributed by atoms with Crippen LogP contribution < -0.4 is 5.32 Å². The highest BCUT2D eigenvalue weighted by Crippen LogP contribution is 2.27. The first kappa shape index (κ1) is 19.4. The second-order valence-corrected chi connectivity index (χ2v) is 6.98. The monoisotopic (exact) mass is 402 g/mol. The second-order valence-electron chi connectivity index (χ2n) is 6.98. The largest absolute Gasteiger partial charge is 0.346 e. The van der Waals surface area contributed by atoms with Crippen molar-refractivity contribution < 1.29 is 9.18 Å². The lowest BCUT2D eigenvalue weighted by molar-refractivity contribution is 0.0940. The van der Waals surface area contributed by atoms with Crippen molar-refractivity contribution >= 4 is 5.91 Å². The van der Waals surface area contributed by atoms with E-state index in [1.165, 1.54) is 17.1 Å². The first-order chi connectivity index (χ1) is 14.5. The van der Waals surface area contributed by atoms with Gasteiger partial charge in [-0.1, -0.05) is 12.1 Å². The zero-order valence-electron chi connectivity index (χ0n) is 16.5. The predicted octanol–water partition coefficient (Wildman–Crippen LogP) is 3.66. The molecule has 0 aliphatic heterocycles. The summed E-state index contributed by atoms with van der Waals surface area (Å²) < 4.78 is 16.1. The molecule has 150 valence electrons. The molecule has 0 aliphatic rings. The summed E-state index contributed by atoms with van der Waals surface area (Å²) in [6.07, 6.45) is 4.77. The maximum absolute atomic E-state index is 14.6. The van der Waals surface area contributed by atoms with Crippen molar-refractivity contribution in [3.63, 3.8) is 0 Å². The minimum absolute atomic E-state index is 0.225. The normalized spacial score (nSPS) is 11.8. The van der Waals surface area contributed by atoms with Gasteiger partial charge in [0.25, 0.3) is 5.91 Å². The molecule has 2 heterocycles. The number of aromatic nitrogens is 5. The number of benzene rings is 2. The second kappa shape index (κ2) is 8.20. The molecule has 7 nitrogen and oxygen atoms in total. The number of hydrogen-bond acceptors (Lipinski definition) is 5.